The smallest absolute Gasteiger partial charge is 0.336 e. The van der Waals surface area contributed by atoms with Gasteiger partial charge in [0.2, 0.25) is 0 Å². The van der Waals surface area contributed by atoms with Crippen LogP contribution in [-0.4, -0.2) is 70.0 Å². The SMILES string of the molecule is C=c1ccc2c(c1)Oc1cc(N(C)C)ccc1C=2c1ccc(C(=O)NCc2ccc(C(=O)NCc3c(O)ccc4c3CC3=CC(=O)C=CC3=C4c3ccc(C(=O)O)cc3C(=O)O)cc2)cc1C(=O)O. The molecular weight excluding hydrogens is 879 g/mol. The van der Waals surface area contributed by atoms with Crippen LogP contribution >= 0.6 is 0 Å². The number of hydrogen-bond acceptors (Lipinski definition) is 9. The molecule has 2 aliphatic carbocycles. The molecule has 14 heteroatoms. The van der Waals surface area contributed by atoms with Crippen LogP contribution in [0, 0.1) is 0 Å². The third-order valence-corrected chi connectivity index (χ3v) is 12.3. The lowest BCUT2D eigenvalue weighted by Gasteiger charge is -2.29. The molecular formula is C55H41N3O11. The van der Waals surface area contributed by atoms with Gasteiger partial charge in [0, 0.05) is 72.0 Å². The number of aromatic hydroxyl groups is 1. The number of phenolic OH excluding ortho intramolecular Hbond substituents is 1. The second-order valence-corrected chi connectivity index (χ2v) is 16.8. The van der Waals surface area contributed by atoms with Crippen LogP contribution in [0.25, 0.3) is 17.7 Å². The van der Waals surface area contributed by atoms with Gasteiger partial charge in [0.15, 0.2) is 5.78 Å². The molecule has 9 rings (SSSR count). The molecule has 0 saturated carbocycles. The second kappa shape index (κ2) is 17.8. The van der Waals surface area contributed by atoms with Gasteiger partial charge < -0.3 is 40.7 Å². The molecule has 0 radical (unpaired) electrons. The standard InChI is InChI=1S/C55H41N3O11/c1-28-4-13-40-47(20-28)69-48-25-34(58(2)3)11-16-41(48)50(40)39-14-9-31(22-43(39)54(65)66)52(62)56-26-29-5-7-30(8-6-29)51(61)57-27-45-42-24-33-21-35(59)12-17-36(33)49(37(42)18-19-46(45)60)38-15-10-32(53(63)64)23-44(38)55(67)68/h4-23,25,60H,1,24,26-27H2,2-3H3,(H,56,62)(H,57,61)(H,63,64)(H,65,66)(H,67,68). The quantitative estimate of drug-likeness (QED) is 0.0764. The van der Waals surface area contributed by atoms with Gasteiger partial charge in [-0.2, -0.15) is 0 Å². The Balaban J connectivity index is 0.922. The van der Waals surface area contributed by atoms with Gasteiger partial charge in [-0.15, -0.1) is 0 Å². The highest BCUT2D eigenvalue weighted by Gasteiger charge is 2.31. The van der Waals surface area contributed by atoms with E-state index in [0.29, 0.717) is 72.4 Å². The molecule has 69 heavy (non-hydrogen) atoms. The number of ketones is 1. The van der Waals surface area contributed by atoms with Crippen molar-refractivity contribution in [2.75, 3.05) is 19.0 Å². The van der Waals surface area contributed by atoms with Crippen molar-refractivity contribution in [2.45, 2.75) is 19.5 Å². The molecule has 6 N–H and O–H groups in total. The summed E-state index contributed by atoms with van der Waals surface area (Å²) in [4.78, 5) is 78.6. The lowest BCUT2D eigenvalue weighted by Crippen LogP contribution is -2.25. The Bertz CT molecular complexity index is 3490. The number of allylic oxidation sites excluding steroid dienone is 5. The summed E-state index contributed by atoms with van der Waals surface area (Å²) in [6.45, 7) is 3.93. The first-order valence-corrected chi connectivity index (χ1v) is 21.5. The molecule has 2 amide bonds. The van der Waals surface area contributed by atoms with Crippen LogP contribution in [0.5, 0.6) is 17.2 Å². The zero-order chi connectivity index (χ0) is 48.8. The van der Waals surface area contributed by atoms with E-state index in [4.69, 9.17) is 4.74 Å². The monoisotopic (exact) mass is 919 g/mol. The van der Waals surface area contributed by atoms with Crippen LogP contribution in [-0.2, 0) is 24.3 Å². The Labute approximate surface area is 393 Å². The van der Waals surface area contributed by atoms with Crippen molar-refractivity contribution in [3.8, 4) is 17.2 Å². The first-order chi connectivity index (χ1) is 33.1. The maximum atomic E-state index is 13.5. The largest absolute Gasteiger partial charge is 0.508 e. The van der Waals surface area contributed by atoms with Crippen molar-refractivity contribution < 1.29 is 53.9 Å². The highest BCUT2D eigenvalue weighted by atomic mass is 16.5. The van der Waals surface area contributed by atoms with Crippen LogP contribution in [0.15, 0.2) is 139 Å². The van der Waals surface area contributed by atoms with Gasteiger partial charge in [-0.3, -0.25) is 14.4 Å². The van der Waals surface area contributed by atoms with Crippen molar-refractivity contribution in [2.24, 2.45) is 0 Å². The number of nitrogens with one attached hydrogen (secondary N) is 2. The first-order valence-electron chi connectivity index (χ1n) is 21.5. The number of carbonyl (C=O) groups excluding carboxylic acids is 3. The third-order valence-electron chi connectivity index (χ3n) is 12.3. The Morgan fingerprint density at radius 2 is 1.26 bits per heavy atom. The summed E-state index contributed by atoms with van der Waals surface area (Å²) >= 11 is 0. The number of carboxylic acid groups (broad SMARTS) is 3. The molecule has 342 valence electrons. The fraction of sp³-hybridized carbons (Fsp3) is 0.0909. The molecule has 1 heterocycles. The summed E-state index contributed by atoms with van der Waals surface area (Å²) in [5.41, 5.74) is 6.30. The average Bonchev–Trinajstić information content (AvgIpc) is 3.33. The number of rotatable bonds is 12. The van der Waals surface area contributed by atoms with Crippen molar-refractivity contribution in [1.29, 1.82) is 0 Å². The molecule has 0 atom stereocenters. The molecule has 0 fully saturated rings. The fourth-order valence-electron chi connectivity index (χ4n) is 8.87. The summed E-state index contributed by atoms with van der Waals surface area (Å²) in [6.07, 6.45) is 4.55. The molecule has 0 spiro atoms. The zero-order valence-corrected chi connectivity index (χ0v) is 37.0. The molecule has 0 unspecified atom stereocenters. The first kappa shape index (κ1) is 44.9. The fourth-order valence-corrected chi connectivity index (χ4v) is 8.87. The predicted molar refractivity (Wildman–Crippen MR) is 256 cm³/mol. The Kier molecular flexibility index (Phi) is 11.6. The number of benzene rings is 6. The number of amides is 2. The van der Waals surface area contributed by atoms with E-state index in [9.17, 15) is 49.2 Å². The highest BCUT2D eigenvalue weighted by molar-refractivity contribution is 6.08. The van der Waals surface area contributed by atoms with Gasteiger partial charge in [0.05, 0.1) is 16.7 Å². The second-order valence-electron chi connectivity index (χ2n) is 16.8. The van der Waals surface area contributed by atoms with Gasteiger partial charge in [-0.1, -0.05) is 55.1 Å². The van der Waals surface area contributed by atoms with E-state index in [1.165, 1.54) is 36.4 Å². The van der Waals surface area contributed by atoms with E-state index >= 15 is 0 Å². The molecule has 14 nitrogen and oxygen atoms in total. The molecule has 6 aromatic carbocycles. The minimum absolute atomic E-state index is 0.0555. The van der Waals surface area contributed by atoms with E-state index in [0.717, 1.165) is 17.0 Å². The lowest BCUT2D eigenvalue weighted by molar-refractivity contribution is -0.110. The van der Waals surface area contributed by atoms with E-state index in [1.54, 1.807) is 54.6 Å². The Morgan fingerprint density at radius 3 is 1.96 bits per heavy atom. The number of phenols is 1. The van der Waals surface area contributed by atoms with E-state index in [1.807, 2.05) is 49.3 Å². The Hall–Kier alpha value is -9.30. The normalized spacial score (nSPS) is 13.2. The number of nitrogens with zero attached hydrogens (tertiary/aromatic N) is 1. The molecule has 0 saturated heterocycles. The van der Waals surface area contributed by atoms with Gasteiger partial charge in [-0.05, 0) is 129 Å². The summed E-state index contributed by atoms with van der Waals surface area (Å²) in [7, 11) is 3.82. The molecule has 0 bridgehead atoms. The average molecular weight is 920 g/mol. The van der Waals surface area contributed by atoms with Crippen LogP contribution in [0.3, 0.4) is 0 Å². The summed E-state index contributed by atoms with van der Waals surface area (Å²) in [5.74, 6) is -4.23. The number of carbonyl (C=O) groups is 6. The van der Waals surface area contributed by atoms with E-state index in [-0.39, 0.29) is 64.4 Å². The van der Waals surface area contributed by atoms with Crippen molar-refractivity contribution in [1.82, 2.24) is 10.6 Å². The number of anilines is 1. The van der Waals surface area contributed by atoms with Gasteiger partial charge in [0.25, 0.3) is 11.8 Å². The Morgan fingerprint density at radius 1 is 0.638 bits per heavy atom. The number of carboxylic acids is 3. The molecule has 1 aliphatic heterocycles. The van der Waals surface area contributed by atoms with Crippen LogP contribution in [0.4, 0.5) is 5.69 Å². The van der Waals surface area contributed by atoms with Crippen LogP contribution < -0.4 is 30.7 Å². The predicted octanol–water partition coefficient (Wildman–Crippen LogP) is 6.60. The number of hydrogen-bond donors (Lipinski definition) is 6. The summed E-state index contributed by atoms with van der Waals surface area (Å²) in [6, 6.07) is 29.0. The van der Waals surface area contributed by atoms with Crippen LogP contribution in [0.2, 0.25) is 0 Å². The number of fused-ring (bicyclic) bond motifs is 4. The van der Waals surface area contributed by atoms with E-state index in [2.05, 4.69) is 17.2 Å². The topological polar surface area (TPSA) is 220 Å². The van der Waals surface area contributed by atoms with E-state index < -0.39 is 29.7 Å². The molecule has 0 aromatic heterocycles. The maximum Gasteiger partial charge on any atom is 0.336 e. The minimum Gasteiger partial charge on any atom is -0.508 e. The third kappa shape index (κ3) is 8.53. The van der Waals surface area contributed by atoms with Gasteiger partial charge in [-0.25, -0.2) is 14.4 Å². The van der Waals surface area contributed by atoms with Crippen LogP contribution in [0.1, 0.15) is 90.7 Å². The maximum absolute atomic E-state index is 13.5. The minimum atomic E-state index is -1.36. The van der Waals surface area contributed by atoms with Crippen molar-refractivity contribution >= 4 is 58.9 Å². The number of ether oxygens (including phenoxy) is 1. The summed E-state index contributed by atoms with van der Waals surface area (Å²) < 4.78 is 6.29. The van der Waals surface area contributed by atoms with Crippen molar-refractivity contribution in [3.05, 3.63) is 216 Å². The van der Waals surface area contributed by atoms with Gasteiger partial charge >= 0.3 is 17.9 Å². The highest BCUT2D eigenvalue weighted by Crippen LogP contribution is 2.45. The summed E-state index contributed by atoms with van der Waals surface area (Å²) in [5, 5.41) is 48.4. The van der Waals surface area contributed by atoms with Gasteiger partial charge in [0.1, 0.15) is 17.2 Å². The number of aromatic carboxylic acids is 3. The van der Waals surface area contributed by atoms with Crippen molar-refractivity contribution in [3.63, 3.8) is 0 Å². The molecule has 3 aliphatic rings. The zero-order valence-electron chi connectivity index (χ0n) is 37.0. The molecule has 6 aromatic rings. The lowest BCUT2D eigenvalue weighted by atomic mass is 9.75.